The van der Waals surface area contributed by atoms with Crippen molar-refractivity contribution in [2.75, 3.05) is 0 Å². The molecule has 0 N–H and O–H groups in total. The molecule has 5 nitrogen and oxygen atoms in total. The minimum absolute atomic E-state index is 0.141. The number of benzene rings is 2. The molecule has 0 fully saturated rings. The van der Waals surface area contributed by atoms with Crippen LogP contribution in [0.5, 0.6) is 5.75 Å². The van der Waals surface area contributed by atoms with E-state index in [-0.39, 0.29) is 17.3 Å². The summed E-state index contributed by atoms with van der Waals surface area (Å²) in [6, 6.07) is 14.1. The van der Waals surface area contributed by atoms with Crippen LogP contribution in [-0.4, -0.2) is 15.7 Å². The minimum atomic E-state index is -0.574. The van der Waals surface area contributed by atoms with E-state index in [1.807, 2.05) is 32.9 Å². The highest BCUT2D eigenvalue weighted by molar-refractivity contribution is 6.02. The average molecular weight is 322 g/mol. The van der Waals surface area contributed by atoms with Crippen LogP contribution in [0.2, 0.25) is 0 Å². The summed E-state index contributed by atoms with van der Waals surface area (Å²) in [6.45, 7) is 5.56. The van der Waals surface area contributed by atoms with Gasteiger partial charge in [0.2, 0.25) is 0 Å². The van der Waals surface area contributed by atoms with Crippen LogP contribution in [0.1, 0.15) is 35.9 Å². The van der Waals surface area contributed by atoms with Gasteiger partial charge in [0.15, 0.2) is 5.69 Å². The van der Waals surface area contributed by atoms with E-state index < -0.39 is 5.97 Å². The molecule has 0 aliphatic rings. The smallest absolute Gasteiger partial charge is 0.364 e. The first-order valence-electron chi connectivity index (χ1n) is 7.78. The van der Waals surface area contributed by atoms with E-state index in [1.54, 1.807) is 36.4 Å². The Morgan fingerprint density at radius 3 is 2.33 bits per heavy atom. The molecule has 122 valence electrons. The predicted molar refractivity (Wildman–Crippen MR) is 92.5 cm³/mol. The number of esters is 1. The monoisotopic (exact) mass is 322 g/mol. The van der Waals surface area contributed by atoms with E-state index in [0.717, 1.165) is 5.56 Å². The number of fused-ring (bicyclic) bond motifs is 1. The van der Waals surface area contributed by atoms with Crippen molar-refractivity contribution in [3.8, 4) is 5.75 Å². The highest BCUT2D eigenvalue weighted by Gasteiger charge is 2.20. The molecule has 0 saturated carbocycles. The summed E-state index contributed by atoms with van der Waals surface area (Å²) in [6.07, 6.45) is 0. The number of aromatic nitrogens is 2. The van der Waals surface area contributed by atoms with Crippen LogP contribution in [0.4, 0.5) is 0 Å². The van der Waals surface area contributed by atoms with Crippen molar-refractivity contribution in [2.45, 2.75) is 26.8 Å². The van der Waals surface area contributed by atoms with Crippen LogP contribution < -0.4 is 10.3 Å². The second-order valence-electron chi connectivity index (χ2n) is 5.89. The Labute approximate surface area is 139 Å². The first kappa shape index (κ1) is 15.9. The molecule has 24 heavy (non-hydrogen) atoms. The van der Waals surface area contributed by atoms with Gasteiger partial charge in [0.1, 0.15) is 5.75 Å². The molecule has 0 radical (unpaired) electrons. The minimum Gasteiger partial charge on any atom is -0.421 e. The van der Waals surface area contributed by atoms with Gasteiger partial charge in [-0.15, -0.1) is 0 Å². The fourth-order valence-electron chi connectivity index (χ4n) is 2.53. The van der Waals surface area contributed by atoms with Gasteiger partial charge in [-0.25, -0.2) is 9.48 Å². The van der Waals surface area contributed by atoms with Gasteiger partial charge in [-0.2, -0.15) is 5.10 Å². The Kier molecular flexibility index (Phi) is 4.16. The fraction of sp³-hybridized carbons (Fsp3) is 0.211. The van der Waals surface area contributed by atoms with Gasteiger partial charge < -0.3 is 4.74 Å². The maximum absolute atomic E-state index is 12.7. The van der Waals surface area contributed by atoms with Crippen molar-refractivity contribution >= 4 is 16.7 Å². The van der Waals surface area contributed by atoms with Crippen LogP contribution in [0.15, 0.2) is 53.3 Å². The molecule has 0 unspecified atom stereocenters. The predicted octanol–water partition coefficient (Wildman–Crippen LogP) is 3.51. The van der Waals surface area contributed by atoms with E-state index in [0.29, 0.717) is 16.5 Å². The molecule has 0 aliphatic carbocycles. The van der Waals surface area contributed by atoms with Crippen molar-refractivity contribution in [1.29, 1.82) is 0 Å². The standard InChI is InChI=1S/C19H18N2O3/c1-12(2)21-18(22)15-10-6-5-9-14(15)17(20-21)19(23)24-16-11-7-4-8-13(16)3/h4-12H,1-3H3. The zero-order chi connectivity index (χ0) is 17.3. The molecule has 1 aromatic heterocycles. The summed E-state index contributed by atoms with van der Waals surface area (Å²) >= 11 is 0. The number of carbonyl (C=O) groups is 1. The number of aryl methyl sites for hydroxylation is 1. The Morgan fingerprint density at radius 2 is 1.67 bits per heavy atom. The number of nitrogens with zero attached hydrogens (tertiary/aromatic N) is 2. The maximum atomic E-state index is 12.7. The second-order valence-corrected chi connectivity index (χ2v) is 5.89. The van der Waals surface area contributed by atoms with E-state index in [4.69, 9.17) is 4.74 Å². The van der Waals surface area contributed by atoms with Gasteiger partial charge in [0.05, 0.1) is 11.4 Å². The van der Waals surface area contributed by atoms with E-state index in [2.05, 4.69) is 5.10 Å². The SMILES string of the molecule is Cc1ccccc1OC(=O)c1nn(C(C)C)c(=O)c2ccccc12. The van der Waals surface area contributed by atoms with Gasteiger partial charge in [0.25, 0.3) is 5.56 Å². The highest BCUT2D eigenvalue weighted by Crippen LogP contribution is 2.20. The zero-order valence-electron chi connectivity index (χ0n) is 13.8. The van der Waals surface area contributed by atoms with Crippen molar-refractivity contribution < 1.29 is 9.53 Å². The first-order valence-corrected chi connectivity index (χ1v) is 7.78. The van der Waals surface area contributed by atoms with E-state index in [1.165, 1.54) is 4.68 Å². The van der Waals surface area contributed by atoms with Gasteiger partial charge in [-0.3, -0.25) is 4.79 Å². The largest absolute Gasteiger partial charge is 0.421 e. The number of ether oxygens (including phenoxy) is 1. The quantitative estimate of drug-likeness (QED) is 0.547. The Morgan fingerprint density at radius 1 is 1.04 bits per heavy atom. The lowest BCUT2D eigenvalue weighted by Crippen LogP contribution is -2.28. The summed E-state index contributed by atoms with van der Waals surface area (Å²) in [7, 11) is 0. The van der Waals surface area contributed by atoms with Crippen molar-refractivity contribution in [1.82, 2.24) is 9.78 Å². The first-order chi connectivity index (χ1) is 11.5. The summed E-state index contributed by atoms with van der Waals surface area (Å²) in [5.74, 6) is -0.0921. The van der Waals surface area contributed by atoms with Gasteiger partial charge in [-0.1, -0.05) is 36.4 Å². The molecule has 0 amide bonds. The van der Waals surface area contributed by atoms with E-state index in [9.17, 15) is 9.59 Å². The molecule has 0 aliphatic heterocycles. The fourth-order valence-corrected chi connectivity index (χ4v) is 2.53. The van der Waals surface area contributed by atoms with Crippen molar-refractivity contribution in [3.05, 3.63) is 70.1 Å². The number of carbonyl (C=O) groups excluding carboxylic acids is 1. The molecule has 3 rings (SSSR count). The molecule has 3 aromatic rings. The number of para-hydroxylation sites is 1. The van der Waals surface area contributed by atoms with Crippen molar-refractivity contribution in [2.24, 2.45) is 0 Å². The van der Waals surface area contributed by atoms with Crippen LogP contribution in [0.25, 0.3) is 10.8 Å². The van der Waals surface area contributed by atoms with Crippen LogP contribution >= 0.6 is 0 Å². The molecule has 2 aromatic carbocycles. The highest BCUT2D eigenvalue weighted by atomic mass is 16.5. The Balaban J connectivity index is 2.15. The van der Waals surface area contributed by atoms with E-state index >= 15 is 0 Å². The van der Waals surface area contributed by atoms with Gasteiger partial charge >= 0.3 is 5.97 Å². The van der Waals surface area contributed by atoms with Gasteiger partial charge in [0, 0.05) is 5.39 Å². The Bertz CT molecular complexity index is 974. The molecule has 0 bridgehead atoms. The maximum Gasteiger partial charge on any atom is 0.364 e. The lowest BCUT2D eigenvalue weighted by molar-refractivity contribution is 0.0726. The normalized spacial score (nSPS) is 11.0. The zero-order valence-corrected chi connectivity index (χ0v) is 13.8. The third kappa shape index (κ3) is 2.80. The summed E-state index contributed by atoms with van der Waals surface area (Å²) < 4.78 is 6.81. The second kappa shape index (κ2) is 6.28. The molecule has 5 heteroatoms. The Hall–Kier alpha value is -2.95. The third-order valence-electron chi connectivity index (χ3n) is 3.81. The topological polar surface area (TPSA) is 61.2 Å². The van der Waals surface area contributed by atoms with Crippen LogP contribution in [0.3, 0.4) is 0 Å². The summed E-state index contributed by atoms with van der Waals surface area (Å²) in [5, 5.41) is 5.21. The molecule has 0 saturated heterocycles. The number of hydrogen-bond acceptors (Lipinski definition) is 4. The van der Waals surface area contributed by atoms with Gasteiger partial charge in [-0.05, 0) is 38.5 Å². The average Bonchev–Trinajstić information content (AvgIpc) is 2.57. The molecule has 0 atom stereocenters. The molecule has 1 heterocycles. The summed E-state index contributed by atoms with van der Waals surface area (Å²) in [4.78, 5) is 25.2. The molecular formula is C19H18N2O3. The number of hydrogen-bond donors (Lipinski definition) is 0. The number of rotatable bonds is 3. The van der Waals surface area contributed by atoms with Crippen molar-refractivity contribution in [3.63, 3.8) is 0 Å². The third-order valence-corrected chi connectivity index (χ3v) is 3.81. The summed E-state index contributed by atoms with van der Waals surface area (Å²) in [5.41, 5.74) is 0.780. The molecule has 0 spiro atoms. The lowest BCUT2D eigenvalue weighted by Gasteiger charge is -2.13. The molecular weight excluding hydrogens is 304 g/mol. The lowest BCUT2D eigenvalue weighted by atomic mass is 10.1. The van der Waals surface area contributed by atoms with Crippen LogP contribution in [-0.2, 0) is 0 Å². The van der Waals surface area contributed by atoms with Crippen LogP contribution in [0, 0.1) is 6.92 Å².